The van der Waals surface area contributed by atoms with Gasteiger partial charge in [0.25, 0.3) is 5.69 Å². The maximum Gasteiger partial charge on any atom is 0.277 e. The van der Waals surface area contributed by atoms with Crippen molar-refractivity contribution >= 4 is 11.5 Å². The summed E-state index contributed by atoms with van der Waals surface area (Å²) in [5.41, 5.74) is 0.849. The molecule has 1 aliphatic heterocycles. The molecule has 0 aliphatic carbocycles. The second kappa shape index (κ2) is 5.52. The van der Waals surface area contributed by atoms with E-state index >= 15 is 0 Å². The lowest BCUT2D eigenvalue weighted by Gasteiger charge is -2.33. The molecule has 6 heteroatoms. The molecule has 0 bridgehead atoms. The number of ether oxygens (including phenoxy) is 1. The predicted octanol–water partition coefficient (Wildman–Crippen LogP) is 2.53. The van der Waals surface area contributed by atoms with Gasteiger partial charge in [0.2, 0.25) is 0 Å². The van der Waals surface area contributed by atoms with Crippen LogP contribution in [0.4, 0.5) is 11.5 Å². The SMILES string of the molecule is Cc1cnc(NCC2(C)CCOCC2)cc1[N+](=O)[O-]. The number of hydrogen-bond donors (Lipinski definition) is 1. The van der Waals surface area contributed by atoms with E-state index in [1.54, 1.807) is 6.92 Å². The molecule has 0 amide bonds. The Kier molecular flexibility index (Phi) is 3.99. The maximum atomic E-state index is 10.9. The Morgan fingerprint density at radius 3 is 2.84 bits per heavy atom. The van der Waals surface area contributed by atoms with Crippen molar-refractivity contribution in [3.05, 3.63) is 27.9 Å². The highest BCUT2D eigenvalue weighted by atomic mass is 16.6. The van der Waals surface area contributed by atoms with Gasteiger partial charge in [0.1, 0.15) is 5.82 Å². The summed E-state index contributed by atoms with van der Waals surface area (Å²) in [6, 6.07) is 1.50. The fourth-order valence-electron chi connectivity index (χ4n) is 2.15. The minimum atomic E-state index is -0.377. The quantitative estimate of drug-likeness (QED) is 0.668. The number of aromatic nitrogens is 1. The van der Waals surface area contributed by atoms with Crippen LogP contribution in [0.5, 0.6) is 0 Å². The van der Waals surface area contributed by atoms with E-state index in [9.17, 15) is 10.1 Å². The molecule has 2 heterocycles. The van der Waals surface area contributed by atoms with Crippen molar-refractivity contribution in [3.8, 4) is 0 Å². The summed E-state index contributed by atoms with van der Waals surface area (Å²) in [7, 11) is 0. The molecule has 19 heavy (non-hydrogen) atoms. The molecule has 1 N–H and O–H groups in total. The number of nitrogens with one attached hydrogen (secondary N) is 1. The van der Waals surface area contributed by atoms with E-state index < -0.39 is 0 Å². The number of nitro groups is 1. The third-order valence-electron chi connectivity index (χ3n) is 3.67. The van der Waals surface area contributed by atoms with Crippen LogP contribution in [0.1, 0.15) is 25.3 Å². The molecule has 6 nitrogen and oxygen atoms in total. The Hall–Kier alpha value is -1.69. The number of anilines is 1. The highest BCUT2D eigenvalue weighted by Crippen LogP contribution is 2.30. The lowest BCUT2D eigenvalue weighted by molar-refractivity contribution is -0.385. The van der Waals surface area contributed by atoms with Gasteiger partial charge in [-0.05, 0) is 25.2 Å². The summed E-state index contributed by atoms with van der Waals surface area (Å²) in [6.07, 6.45) is 3.52. The number of aryl methyl sites for hydroxylation is 1. The average Bonchev–Trinajstić information content (AvgIpc) is 2.38. The standard InChI is InChI=1S/C13H19N3O3/c1-10-8-14-12(7-11(10)16(17)18)15-9-13(2)3-5-19-6-4-13/h7-8H,3-6,9H2,1-2H3,(H,14,15). The van der Waals surface area contributed by atoms with E-state index in [1.165, 1.54) is 12.3 Å². The van der Waals surface area contributed by atoms with E-state index in [-0.39, 0.29) is 16.0 Å². The third-order valence-corrected chi connectivity index (χ3v) is 3.67. The van der Waals surface area contributed by atoms with Crippen LogP contribution in [-0.4, -0.2) is 29.7 Å². The summed E-state index contributed by atoms with van der Waals surface area (Å²) in [5.74, 6) is 0.560. The number of hydrogen-bond acceptors (Lipinski definition) is 5. The first-order chi connectivity index (χ1) is 9.00. The van der Waals surface area contributed by atoms with Crippen LogP contribution in [0.2, 0.25) is 0 Å². The molecule has 2 rings (SSSR count). The van der Waals surface area contributed by atoms with Gasteiger partial charge in [0.15, 0.2) is 0 Å². The molecular weight excluding hydrogens is 246 g/mol. The van der Waals surface area contributed by atoms with Crippen molar-refractivity contribution in [3.63, 3.8) is 0 Å². The van der Waals surface area contributed by atoms with Crippen molar-refractivity contribution in [2.75, 3.05) is 25.1 Å². The molecule has 0 spiro atoms. The smallest absolute Gasteiger partial charge is 0.277 e. The highest BCUT2D eigenvalue weighted by Gasteiger charge is 2.27. The normalized spacial score (nSPS) is 18.0. The van der Waals surface area contributed by atoms with Crippen LogP contribution in [0, 0.1) is 22.5 Å². The van der Waals surface area contributed by atoms with Crippen LogP contribution < -0.4 is 5.32 Å². The Balaban J connectivity index is 2.03. The largest absolute Gasteiger partial charge is 0.381 e. The van der Waals surface area contributed by atoms with Gasteiger partial charge in [-0.25, -0.2) is 4.98 Å². The van der Waals surface area contributed by atoms with Gasteiger partial charge in [0.05, 0.1) is 11.0 Å². The molecule has 0 saturated carbocycles. The predicted molar refractivity (Wildman–Crippen MR) is 72.3 cm³/mol. The monoisotopic (exact) mass is 265 g/mol. The molecular formula is C13H19N3O3. The Bertz CT molecular complexity index is 470. The van der Waals surface area contributed by atoms with Gasteiger partial charge in [-0.3, -0.25) is 10.1 Å². The lowest BCUT2D eigenvalue weighted by Crippen LogP contribution is -2.33. The molecule has 1 aromatic rings. The first kappa shape index (κ1) is 13.7. The van der Waals surface area contributed by atoms with Gasteiger partial charge in [0, 0.05) is 31.5 Å². The van der Waals surface area contributed by atoms with Crippen molar-refractivity contribution < 1.29 is 9.66 Å². The molecule has 0 aromatic carbocycles. The summed E-state index contributed by atoms with van der Waals surface area (Å²) < 4.78 is 5.35. The molecule has 1 saturated heterocycles. The Labute approximate surface area is 112 Å². The van der Waals surface area contributed by atoms with Crippen LogP contribution in [0.3, 0.4) is 0 Å². The van der Waals surface area contributed by atoms with Crippen LogP contribution in [-0.2, 0) is 4.74 Å². The zero-order valence-corrected chi connectivity index (χ0v) is 11.3. The minimum absolute atomic E-state index is 0.106. The average molecular weight is 265 g/mol. The van der Waals surface area contributed by atoms with Gasteiger partial charge >= 0.3 is 0 Å². The molecule has 1 aromatic heterocycles. The van der Waals surface area contributed by atoms with Gasteiger partial charge in [-0.15, -0.1) is 0 Å². The summed E-state index contributed by atoms with van der Waals surface area (Å²) in [5, 5.41) is 14.1. The zero-order chi connectivity index (χ0) is 13.9. The zero-order valence-electron chi connectivity index (χ0n) is 11.3. The molecule has 0 radical (unpaired) electrons. The van der Waals surface area contributed by atoms with Crippen molar-refractivity contribution in [2.45, 2.75) is 26.7 Å². The summed E-state index contributed by atoms with van der Waals surface area (Å²) >= 11 is 0. The van der Waals surface area contributed by atoms with Crippen molar-refractivity contribution in [1.82, 2.24) is 4.98 Å². The topological polar surface area (TPSA) is 77.3 Å². The van der Waals surface area contributed by atoms with E-state index in [0.717, 1.165) is 32.6 Å². The number of rotatable bonds is 4. The van der Waals surface area contributed by atoms with Crippen molar-refractivity contribution in [1.29, 1.82) is 0 Å². The van der Waals surface area contributed by atoms with Crippen LogP contribution in [0.25, 0.3) is 0 Å². The molecule has 1 fully saturated rings. The van der Waals surface area contributed by atoms with Crippen LogP contribution in [0.15, 0.2) is 12.3 Å². The highest BCUT2D eigenvalue weighted by molar-refractivity contribution is 5.48. The van der Waals surface area contributed by atoms with Crippen molar-refractivity contribution in [2.24, 2.45) is 5.41 Å². The second-order valence-electron chi connectivity index (χ2n) is 5.39. The van der Waals surface area contributed by atoms with Gasteiger partial charge < -0.3 is 10.1 Å². The first-order valence-electron chi connectivity index (χ1n) is 6.43. The van der Waals surface area contributed by atoms with Gasteiger partial charge in [-0.2, -0.15) is 0 Å². The van der Waals surface area contributed by atoms with E-state index in [0.29, 0.717) is 11.4 Å². The Morgan fingerprint density at radius 1 is 1.53 bits per heavy atom. The van der Waals surface area contributed by atoms with E-state index in [4.69, 9.17) is 4.74 Å². The molecule has 104 valence electrons. The minimum Gasteiger partial charge on any atom is -0.381 e. The fourth-order valence-corrected chi connectivity index (χ4v) is 2.15. The molecule has 0 unspecified atom stereocenters. The lowest BCUT2D eigenvalue weighted by atomic mass is 9.82. The first-order valence-corrected chi connectivity index (χ1v) is 6.43. The Morgan fingerprint density at radius 2 is 2.21 bits per heavy atom. The van der Waals surface area contributed by atoms with E-state index in [2.05, 4.69) is 17.2 Å². The second-order valence-corrected chi connectivity index (χ2v) is 5.39. The van der Waals surface area contributed by atoms with Crippen LogP contribution >= 0.6 is 0 Å². The van der Waals surface area contributed by atoms with Gasteiger partial charge in [-0.1, -0.05) is 6.92 Å². The molecule has 1 aliphatic rings. The maximum absolute atomic E-state index is 10.9. The van der Waals surface area contributed by atoms with E-state index in [1.807, 2.05) is 0 Å². The third kappa shape index (κ3) is 3.41. The summed E-state index contributed by atoms with van der Waals surface area (Å²) in [6.45, 7) is 6.20. The fraction of sp³-hybridized carbons (Fsp3) is 0.615. The number of pyridine rings is 1. The molecule has 0 atom stereocenters. The number of nitrogens with zero attached hydrogens (tertiary/aromatic N) is 2. The summed E-state index contributed by atoms with van der Waals surface area (Å²) in [4.78, 5) is 14.7.